The summed E-state index contributed by atoms with van der Waals surface area (Å²) in [6.07, 6.45) is 9.80. The van der Waals surface area contributed by atoms with Gasteiger partial charge >= 0.3 is 0 Å². The lowest BCUT2D eigenvalue weighted by molar-refractivity contribution is 0.0229. The highest BCUT2D eigenvalue weighted by atomic mass is 35.5. The second kappa shape index (κ2) is 7.26. The van der Waals surface area contributed by atoms with Crippen molar-refractivity contribution >= 4 is 12.4 Å². The molecular formula is C15H29ClN2O. The summed E-state index contributed by atoms with van der Waals surface area (Å²) in [7, 11) is 0. The van der Waals surface area contributed by atoms with Crippen molar-refractivity contribution in [2.75, 3.05) is 39.4 Å². The van der Waals surface area contributed by atoms with Crippen LogP contribution in [0.5, 0.6) is 0 Å². The van der Waals surface area contributed by atoms with E-state index in [0.717, 1.165) is 19.1 Å². The summed E-state index contributed by atoms with van der Waals surface area (Å²) in [6, 6.07) is 0. The quantitative estimate of drug-likeness (QED) is 0.863. The summed E-state index contributed by atoms with van der Waals surface area (Å²) in [5, 5.41) is 3.64. The average Bonchev–Trinajstić information content (AvgIpc) is 2.92. The Morgan fingerprint density at radius 2 is 2.05 bits per heavy atom. The van der Waals surface area contributed by atoms with E-state index >= 15 is 0 Å². The van der Waals surface area contributed by atoms with E-state index in [1.165, 1.54) is 71.1 Å². The first-order valence-electron chi connectivity index (χ1n) is 7.93. The van der Waals surface area contributed by atoms with Gasteiger partial charge in [0.15, 0.2) is 0 Å². The van der Waals surface area contributed by atoms with Gasteiger partial charge in [-0.1, -0.05) is 19.3 Å². The van der Waals surface area contributed by atoms with E-state index in [-0.39, 0.29) is 12.4 Å². The summed E-state index contributed by atoms with van der Waals surface area (Å²) in [4.78, 5) is 2.82. The molecule has 0 aromatic carbocycles. The number of hydrogen-bond acceptors (Lipinski definition) is 3. The molecule has 19 heavy (non-hydrogen) atoms. The molecule has 1 N–H and O–H groups in total. The topological polar surface area (TPSA) is 24.5 Å². The van der Waals surface area contributed by atoms with E-state index in [9.17, 15) is 0 Å². The molecule has 1 saturated carbocycles. The van der Waals surface area contributed by atoms with Gasteiger partial charge in [-0.2, -0.15) is 0 Å². The molecular weight excluding hydrogens is 260 g/mol. The summed E-state index contributed by atoms with van der Waals surface area (Å²) in [5.41, 5.74) is 0.510. The fourth-order valence-corrected chi connectivity index (χ4v) is 4.09. The zero-order valence-corrected chi connectivity index (χ0v) is 12.8. The maximum absolute atomic E-state index is 5.50. The van der Waals surface area contributed by atoms with Crippen LogP contribution in [0.4, 0.5) is 0 Å². The lowest BCUT2D eigenvalue weighted by Gasteiger charge is -2.50. The minimum atomic E-state index is 0. The SMILES string of the molecule is C1CCC2(CC1)CNCCN2CCC1CCOC1.Cl. The summed E-state index contributed by atoms with van der Waals surface area (Å²) in [5.74, 6) is 0.834. The zero-order valence-electron chi connectivity index (χ0n) is 12.0. The number of nitrogens with one attached hydrogen (secondary N) is 1. The third-order valence-electron chi connectivity index (χ3n) is 5.30. The molecule has 1 aliphatic carbocycles. The van der Waals surface area contributed by atoms with Gasteiger partial charge in [0.1, 0.15) is 0 Å². The Balaban J connectivity index is 0.00000133. The highest BCUT2D eigenvalue weighted by Crippen LogP contribution is 2.35. The third-order valence-corrected chi connectivity index (χ3v) is 5.30. The van der Waals surface area contributed by atoms with Crippen LogP contribution in [0.25, 0.3) is 0 Å². The van der Waals surface area contributed by atoms with E-state index in [0.29, 0.717) is 5.54 Å². The number of halogens is 1. The van der Waals surface area contributed by atoms with Gasteiger partial charge in [0, 0.05) is 38.4 Å². The van der Waals surface area contributed by atoms with Crippen molar-refractivity contribution in [3.8, 4) is 0 Å². The van der Waals surface area contributed by atoms with Crippen LogP contribution in [0.2, 0.25) is 0 Å². The van der Waals surface area contributed by atoms with Crippen LogP contribution in [-0.2, 0) is 4.74 Å². The molecule has 1 spiro atoms. The Hall–Kier alpha value is 0.170. The molecule has 112 valence electrons. The predicted molar refractivity (Wildman–Crippen MR) is 81.0 cm³/mol. The molecule has 0 radical (unpaired) electrons. The molecule has 0 aromatic rings. The first-order valence-corrected chi connectivity index (χ1v) is 7.93. The van der Waals surface area contributed by atoms with Crippen LogP contribution in [0.15, 0.2) is 0 Å². The number of nitrogens with zero attached hydrogens (tertiary/aromatic N) is 1. The fourth-order valence-electron chi connectivity index (χ4n) is 4.09. The Kier molecular flexibility index (Phi) is 5.94. The summed E-state index contributed by atoms with van der Waals surface area (Å²) < 4.78 is 5.50. The highest BCUT2D eigenvalue weighted by Gasteiger charge is 2.39. The normalized spacial score (nSPS) is 31.3. The Morgan fingerprint density at radius 1 is 1.21 bits per heavy atom. The van der Waals surface area contributed by atoms with Crippen molar-refractivity contribution < 1.29 is 4.74 Å². The van der Waals surface area contributed by atoms with Crippen molar-refractivity contribution in [1.29, 1.82) is 0 Å². The summed E-state index contributed by atoms with van der Waals surface area (Å²) >= 11 is 0. The smallest absolute Gasteiger partial charge is 0.0495 e. The molecule has 1 atom stereocenters. The van der Waals surface area contributed by atoms with Crippen LogP contribution in [0.3, 0.4) is 0 Å². The molecule has 1 unspecified atom stereocenters. The van der Waals surface area contributed by atoms with E-state index in [1.807, 2.05) is 0 Å². The van der Waals surface area contributed by atoms with E-state index in [1.54, 1.807) is 0 Å². The molecule has 0 aromatic heterocycles. The molecule has 3 aliphatic rings. The van der Waals surface area contributed by atoms with Gasteiger partial charge in [0.05, 0.1) is 0 Å². The maximum atomic E-state index is 5.50. The highest BCUT2D eigenvalue weighted by molar-refractivity contribution is 5.85. The number of ether oxygens (including phenoxy) is 1. The molecule has 2 heterocycles. The van der Waals surface area contributed by atoms with Crippen molar-refractivity contribution in [3.63, 3.8) is 0 Å². The van der Waals surface area contributed by atoms with Gasteiger partial charge in [0.25, 0.3) is 0 Å². The van der Waals surface area contributed by atoms with Crippen molar-refractivity contribution in [2.24, 2.45) is 5.92 Å². The monoisotopic (exact) mass is 288 g/mol. The second-order valence-electron chi connectivity index (χ2n) is 6.47. The predicted octanol–water partition coefficient (Wildman–Crippen LogP) is 2.44. The van der Waals surface area contributed by atoms with E-state index < -0.39 is 0 Å². The zero-order chi connectivity index (χ0) is 12.3. The molecule has 0 bridgehead atoms. The Bertz CT molecular complexity index is 255. The van der Waals surface area contributed by atoms with Crippen LogP contribution in [0, 0.1) is 5.92 Å². The number of piperazine rings is 1. The Morgan fingerprint density at radius 3 is 2.79 bits per heavy atom. The van der Waals surface area contributed by atoms with Crippen LogP contribution in [-0.4, -0.2) is 49.8 Å². The molecule has 4 heteroatoms. The van der Waals surface area contributed by atoms with E-state index in [2.05, 4.69) is 10.2 Å². The third kappa shape index (κ3) is 3.63. The summed E-state index contributed by atoms with van der Waals surface area (Å²) in [6.45, 7) is 6.98. The first kappa shape index (κ1) is 15.6. The number of rotatable bonds is 3. The average molecular weight is 289 g/mol. The van der Waals surface area contributed by atoms with Gasteiger partial charge in [-0.3, -0.25) is 4.90 Å². The minimum absolute atomic E-state index is 0. The van der Waals surface area contributed by atoms with Gasteiger partial charge in [-0.05, 0) is 38.1 Å². The molecule has 2 aliphatic heterocycles. The lowest BCUT2D eigenvalue weighted by atomic mass is 9.79. The van der Waals surface area contributed by atoms with E-state index in [4.69, 9.17) is 4.74 Å². The maximum Gasteiger partial charge on any atom is 0.0495 e. The van der Waals surface area contributed by atoms with Crippen LogP contribution >= 0.6 is 12.4 Å². The largest absolute Gasteiger partial charge is 0.381 e. The van der Waals surface area contributed by atoms with Crippen molar-refractivity contribution in [2.45, 2.75) is 50.5 Å². The molecule has 0 amide bonds. The van der Waals surface area contributed by atoms with Gasteiger partial charge in [-0.25, -0.2) is 0 Å². The second-order valence-corrected chi connectivity index (χ2v) is 6.47. The molecule has 3 fully saturated rings. The first-order chi connectivity index (χ1) is 8.89. The fraction of sp³-hybridized carbons (Fsp3) is 1.00. The lowest BCUT2D eigenvalue weighted by Crippen LogP contribution is -2.62. The molecule has 3 rings (SSSR count). The molecule has 3 nitrogen and oxygen atoms in total. The molecule has 2 saturated heterocycles. The Labute approximate surface area is 123 Å². The van der Waals surface area contributed by atoms with Gasteiger partial charge < -0.3 is 10.1 Å². The van der Waals surface area contributed by atoms with Crippen LogP contribution < -0.4 is 5.32 Å². The van der Waals surface area contributed by atoms with Crippen LogP contribution in [0.1, 0.15) is 44.9 Å². The van der Waals surface area contributed by atoms with Gasteiger partial charge in [0.2, 0.25) is 0 Å². The van der Waals surface area contributed by atoms with Crippen molar-refractivity contribution in [3.05, 3.63) is 0 Å². The number of hydrogen-bond donors (Lipinski definition) is 1. The van der Waals surface area contributed by atoms with Crippen molar-refractivity contribution in [1.82, 2.24) is 10.2 Å². The van der Waals surface area contributed by atoms with Gasteiger partial charge in [-0.15, -0.1) is 12.4 Å². The standard InChI is InChI=1S/C15H28N2O.ClH/c1-2-6-15(7-3-1)13-16-8-10-17(15)9-4-14-5-11-18-12-14;/h14,16H,1-13H2;1H. The minimum Gasteiger partial charge on any atom is -0.381 e.